The fourth-order valence-electron chi connectivity index (χ4n) is 2.69. The molecule has 0 aliphatic rings. The van der Waals surface area contributed by atoms with Crippen molar-refractivity contribution in [2.45, 2.75) is 26.8 Å². The van der Waals surface area contributed by atoms with Crippen molar-refractivity contribution in [2.24, 2.45) is 0 Å². The summed E-state index contributed by atoms with van der Waals surface area (Å²) >= 11 is 0. The highest BCUT2D eigenvalue weighted by Crippen LogP contribution is 2.14. The quantitative estimate of drug-likeness (QED) is 0.712. The van der Waals surface area contributed by atoms with Crippen LogP contribution in [-0.4, -0.2) is 15.3 Å². The second-order valence-corrected chi connectivity index (χ2v) is 5.48. The van der Waals surface area contributed by atoms with E-state index in [2.05, 4.69) is 47.9 Å². The third-order valence-electron chi connectivity index (χ3n) is 4.01. The van der Waals surface area contributed by atoms with E-state index in [4.69, 9.17) is 0 Å². The van der Waals surface area contributed by atoms with Gasteiger partial charge in [0.15, 0.2) is 0 Å². The molecular weight excluding hydrogens is 288 g/mol. The van der Waals surface area contributed by atoms with Gasteiger partial charge < -0.3 is 4.40 Å². The van der Waals surface area contributed by atoms with Crippen molar-refractivity contribution in [3.05, 3.63) is 71.2 Å². The van der Waals surface area contributed by atoms with Gasteiger partial charge in [-0.15, -0.1) is 0 Å². The van der Waals surface area contributed by atoms with E-state index >= 15 is 0 Å². The number of benzene rings is 1. The van der Waals surface area contributed by atoms with Crippen LogP contribution in [0, 0.1) is 6.92 Å². The number of rotatable bonds is 5. The highest BCUT2D eigenvalue weighted by molar-refractivity contribution is 5.93. The van der Waals surface area contributed by atoms with Crippen molar-refractivity contribution in [3.63, 3.8) is 0 Å². The predicted molar refractivity (Wildman–Crippen MR) is 90.1 cm³/mol. The number of aryl methyl sites for hydroxylation is 2. The molecule has 0 aliphatic heterocycles. The number of nitrogens with zero attached hydrogens (tertiary/aromatic N) is 2. The summed E-state index contributed by atoms with van der Waals surface area (Å²) in [5.74, 6) is -0.160. The van der Waals surface area contributed by atoms with Gasteiger partial charge in [0.1, 0.15) is 5.65 Å². The summed E-state index contributed by atoms with van der Waals surface area (Å²) in [6, 6.07) is 9.87. The zero-order chi connectivity index (χ0) is 16.2. The summed E-state index contributed by atoms with van der Waals surface area (Å²) in [6.07, 6.45) is 6.27. The Morgan fingerprint density at radius 3 is 2.96 bits per heavy atom. The molecule has 3 aromatic rings. The van der Waals surface area contributed by atoms with Crippen LogP contribution in [0.2, 0.25) is 0 Å². The van der Waals surface area contributed by atoms with Crippen LogP contribution in [0.15, 0.2) is 48.9 Å². The Balaban J connectivity index is 1.65. The molecule has 0 unspecified atom stereocenters. The number of carbonyl (C=O) groups is 1. The van der Waals surface area contributed by atoms with Crippen molar-refractivity contribution in [1.82, 2.24) is 20.2 Å². The molecule has 0 radical (unpaired) electrons. The molecule has 5 nitrogen and oxygen atoms in total. The molecule has 23 heavy (non-hydrogen) atoms. The molecule has 2 heterocycles. The van der Waals surface area contributed by atoms with E-state index in [1.807, 2.05) is 16.7 Å². The highest BCUT2D eigenvalue weighted by Gasteiger charge is 2.08. The number of imidazole rings is 1. The minimum absolute atomic E-state index is 0.160. The van der Waals surface area contributed by atoms with Crippen LogP contribution >= 0.6 is 0 Å². The van der Waals surface area contributed by atoms with E-state index in [1.54, 1.807) is 18.5 Å². The van der Waals surface area contributed by atoms with Crippen LogP contribution in [0.4, 0.5) is 0 Å². The van der Waals surface area contributed by atoms with Crippen molar-refractivity contribution >= 4 is 11.6 Å². The Kier molecular flexibility index (Phi) is 4.39. The fourth-order valence-corrected chi connectivity index (χ4v) is 2.69. The van der Waals surface area contributed by atoms with E-state index in [-0.39, 0.29) is 5.91 Å². The summed E-state index contributed by atoms with van der Waals surface area (Å²) < 4.78 is 1.82. The summed E-state index contributed by atoms with van der Waals surface area (Å²) in [7, 11) is 0. The number of aromatic nitrogens is 2. The normalized spacial score (nSPS) is 10.9. The predicted octanol–water partition coefficient (Wildman–Crippen LogP) is 2.64. The van der Waals surface area contributed by atoms with Gasteiger partial charge in [-0.3, -0.25) is 10.2 Å². The smallest absolute Gasteiger partial charge is 0.266 e. The van der Waals surface area contributed by atoms with Gasteiger partial charge in [0.25, 0.3) is 5.91 Å². The maximum absolute atomic E-state index is 12.2. The molecule has 0 saturated carbocycles. The second kappa shape index (κ2) is 6.62. The third-order valence-corrected chi connectivity index (χ3v) is 4.01. The molecule has 0 atom stereocenters. The lowest BCUT2D eigenvalue weighted by Gasteiger charge is -2.13. The van der Waals surface area contributed by atoms with Crippen molar-refractivity contribution in [3.8, 4) is 0 Å². The maximum atomic E-state index is 12.2. The maximum Gasteiger partial charge on any atom is 0.266 e. The second-order valence-electron chi connectivity index (χ2n) is 5.48. The highest BCUT2D eigenvalue weighted by atomic mass is 16.2. The first-order valence-electron chi connectivity index (χ1n) is 7.72. The first-order chi connectivity index (χ1) is 11.2. The van der Waals surface area contributed by atoms with Crippen LogP contribution in [0.5, 0.6) is 0 Å². The average molecular weight is 308 g/mol. The molecular formula is C18H20N4O. The van der Waals surface area contributed by atoms with Gasteiger partial charge in [0.2, 0.25) is 0 Å². The van der Waals surface area contributed by atoms with Gasteiger partial charge in [-0.1, -0.05) is 25.1 Å². The van der Waals surface area contributed by atoms with Gasteiger partial charge in [-0.05, 0) is 42.2 Å². The molecule has 5 heteroatoms. The molecule has 0 fully saturated rings. The lowest BCUT2D eigenvalue weighted by molar-refractivity contribution is 0.0931. The van der Waals surface area contributed by atoms with E-state index in [1.165, 1.54) is 16.7 Å². The van der Waals surface area contributed by atoms with Crippen molar-refractivity contribution in [1.29, 1.82) is 0 Å². The van der Waals surface area contributed by atoms with E-state index in [0.29, 0.717) is 12.1 Å². The number of carbonyl (C=O) groups excluding carboxylic acids is 1. The molecule has 0 saturated heterocycles. The largest absolute Gasteiger partial charge is 0.306 e. The number of pyridine rings is 1. The Hall–Kier alpha value is -2.66. The summed E-state index contributed by atoms with van der Waals surface area (Å²) in [4.78, 5) is 16.4. The standard InChI is InChI=1S/C18H20N4O/c1-3-14-6-4-5-13(2)16(14)11-20-21-18(23)15-7-8-17-19-9-10-22(17)12-15/h4-10,12,20H,3,11H2,1-2H3,(H,21,23). The molecule has 0 aliphatic carbocycles. The summed E-state index contributed by atoms with van der Waals surface area (Å²) in [5, 5.41) is 0. The molecule has 118 valence electrons. The Morgan fingerprint density at radius 2 is 2.13 bits per heavy atom. The SMILES string of the molecule is CCc1cccc(C)c1CNNC(=O)c1ccc2nccn2c1. The van der Waals surface area contributed by atoms with Gasteiger partial charge in [-0.25, -0.2) is 10.4 Å². The number of hydrogen-bond donors (Lipinski definition) is 2. The van der Waals surface area contributed by atoms with Crippen LogP contribution in [-0.2, 0) is 13.0 Å². The molecule has 0 bridgehead atoms. The lowest BCUT2D eigenvalue weighted by Crippen LogP contribution is -2.37. The minimum Gasteiger partial charge on any atom is -0.306 e. The number of nitrogens with one attached hydrogen (secondary N) is 2. The first-order valence-corrected chi connectivity index (χ1v) is 7.72. The van der Waals surface area contributed by atoms with Gasteiger partial charge in [0, 0.05) is 25.1 Å². The minimum atomic E-state index is -0.160. The van der Waals surface area contributed by atoms with Crippen molar-refractivity contribution < 1.29 is 4.79 Å². The lowest BCUT2D eigenvalue weighted by atomic mass is 10.0. The van der Waals surface area contributed by atoms with Gasteiger partial charge in [-0.2, -0.15) is 0 Å². The van der Waals surface area contributed by atoms with Gasteiger partial charge >= 0.3 is 0 Å². The molecule has 1 aromatic carbocycles. The van der Waals surface area contributed by atoms with Crippen LogP contribution < -0.4 is 10.9 Å². The Bertz CT molecular complexity index is 838. The molecule has 1 amide bonds. The number of hydrazine groups is 1. The zero-order valence-electron chi connectivity index (χ0n) is 13.3. The van der Waals surface area contributed by atoms with Crippen molar-refractivity contribution in [2.75, 3.05) is 0 Å². The number of fused-ring (bicyclic) bond motifs is 1. The molecule has 3 rings (SSSR count). The number of amides is 1. The van der Waals surface area contributed by atoms with Crippen LogP contribution in [0.1, 0.15) is 34.0 Å². The van der Waals surface area contributed by atoms with E-state index < -0.39 is 0 Å². The fraction of sp³-hybridized carbons (Fsp3) is 0.222. The molecule has 2 N–H and O–H groups in total. The van der Waals surface area contributed by atoms with Crippen LogP contribution in [0.3, 0.4) is 0 Å². The summed E-state index contributed by atoms with van der Waals surface area (Å²) in [5.41, 5.74) is 11.0. The van der Waals surface area contributed by atoms with Crippen LogP contribution in [0.25, 0.3) is 5.65 Å². The van der Waals surface area contributed by atoms with E-state index in [9.17, 15) is 4.79 Å². The summed E-state index contributed by atoms with van der Waals surface area (Å²) in [6.45, 7) is 4.83. The topological polar surface area (TPSA) is 58.4 Å². The number of hydrogen-bond acceptors (Lipinski definition) is 3. The molecule has 2 aromatic heterocycles. The molecule has 0 spiro atoms. The Labute approximate surface area is 135 Å². The monoisotopic (exact) mass is 308 g/mol. The average Bonchev–Trinajstić information content (AvgIpc) is 3.03. The zero-order valence-corrected chi connectivity index (χ0v) is 13.3. The Morgan fingerprint density at radius 1 is 1.26 bits per heavy atom. The third kappa shape index (κ3) is 3.24. The van der Waals surface area contributed by atoms with Gasteiger partial charge in [0.05, 0.1) is 5.56 Å². The first kappa shape index (κ1) is 15.2. The van der Waals surface area contributed by atoms with E-state index in [0.717, 1.165) is 12.1 Å².